The second-order valence-corrected chi connectivity index (χ2v) is 18.1. The van der Waals surface area contributed by atoms with Crippen molar-refractivity contribution in [2.45, 2.75) is 84.1 Å². The molecule has 56 heavy (non-hydrogen) atoms. The zero-order valence-corrected chi connectivity index (χ0v) is 35.2. The maximum atomic E-state index is 14.1. The molecule has 5 aliphatic rings. The lowest BCUT2D eigenvalue weighted by atomic mass is 9.43. The van der Waals surface area contributed by atoms with Crippen molar-refractivity contribution in [3.8, 4) is 11.5 Å². The van der Waals surface area contributed by atoms with Crippen LogP contribution in [0, 0.1) is 45.8 Å². The molecule has 13 heteroatoms. The van der Waals surface area contributed by atoms with Gasteiger partial charge >= 0.3 is 16.4 Å². The second kappa shape index (κ2) is 16.2. The Labute approximate surface area is 347 Å². The number of para-hydroxylation sites is 2. The van der Waals surface area contributed by atoms with Gasteiger partial charge in [0, 0.05) is 34.3 Å². The van der Waals surface area contributed by atoms with E-state index in [4.69, 9.17) is 57.6 Å². The number of halogens is 1. The van der Waals surface area contributed by atoms with Crippen LogP contribution in [0.4, 0.5) is 0 Å². The molecule has 1 aliphatic heterocycles. The molecule has 0 amide bonds. The van der Waals surface area contributed by atoms with Crippen LogP contribution < -0.4 is 9.47 Å². The van der Waals surface area contributed by atoms with Crippen LogP contribution in [0.2, 0.25) is 0 Å². The average Bonchev–Trinajstić information content (AvgIpc) is 3.73. The molecule has 1 heterocycles. The SMILES string of the molecule is C=C(Br)CO[C@H]1[C@@H](OC(=S)Oc2ccccc2)[C@H](OC(=S)Oc2ccccc2)[C@H](OC[C@]23C[C@H]4[C@@H](C)CC[C@@H]4[C@]4(C=O)C[C@H]2C=C(C(C)C)[C@]34C(=O)O)O[C@@H]1C. The summed E-state index contributed by atoms with van der Waals surface area (Å²) in [4.78, 5) is 27.7. The fraction of sp³-hybridized carbons (Fsp3) is 0.535. The Morgan fingerprint density at radius 1 is 0.946 bits per heavy atom. The summed E-state index contributed by atoms with van der Waals surface area (Å²) in [5.41, 5.74) is -2.62. The van der Waals surface area contributed by atoms with Gasteiger partial charge in [0.2, 0.25) is 0 Å². The molecular weight excluding hydrogens is 821 g/mol. The fourth-order valence-corrected chi connectivity index (χ4v) is 11.6. The van der Waals surface area contributed by atoms with Gasteiger partial charge in [-0.2, -0.15) is 0 Å². The number of thiocarbonyl (C=S) groups is 2. The number of allylic oxidation sites excluding steroid dienone is 1. The minimum absolute atomic E-state index is 0.0207. The highest BCUT2D eigenvalue weighted by Crippen LogP contribution is 2.82. The van der Waals surface area contributed by atoms with Crippen molar-refractivity contribution < 1.29 is 47.9 Å². The van der Waals surface area contributed by atoms with Gasteiger partial charge in [-0.15, -0.1) is 0 Å². The van der Waals surface area contributed by atoms with Gasteiger partial charge < -0.3 is 43.1 Å². The lowest BCUT2D eigenvalue weighted by Gasteiger charge is -2.58. The standard InChI is InChI=1S/C43H49BrO10S2/c1-24(2)33-18-28-19-41(22-45)32-17-16-25(3)31(32)20-42(28,43(33,41)38(46)47)23-49-37-36(54-40(56)52-30-14-10-7-11-15-30)35(34(27(5)50-37)48-21-26(4)44)53-39(55)51-29-12-8-6-9-13-29/h6-15,18,22,24-25,27-28,31-32,34-37H,4,16-17,19-21,23H2,1-3,5H3,(H,46,47)/t25-,27+,28+,31-,32-,34+,35+,36-,37+,41+,42+,43+/m0/s1. The van der Waals surface area contributed by atoms with Gasteiger partial charge in [0.25, 0.3) is 0 Å². The van der Waals surface area contributed by atoms with Crippen molar-refractivity contribution >= 4 is 63.1 Å². The van der Waals surface area contributed by atoms with Crippen molar-refractivity contribution in [1.82, 2.24) is 0 Å². The van der Waals surface area contributed by atoms with Crippen LogP contribution in [0.25, 0.3) is 0 Å². The molecule has 300 valence electrons. The van der Waals surface area contributed by atoms with Gasteiger partial charge in [-0.25, -0.2) is 0 Å². The summed E-state index contributed by atoms with van der Waals surface area (Å²) < 4.78 is 45.1. The van der Waals surface area contributed by atoms with E-state index in [1.54, 1.807) is 24.3 Å². The molecule has 0 spiro atoms. The molecule has 0 unspecified atom stereocenters. The first-order valence-corrected chi connectivity index (χ1v) is 20.9. The van der Waals surface area contributed by atoms with Crippen LogP contribution in [0.5, 0.6) is 11.5 Å². The zero-order valence-electron chi connectivity index (χ0n) is 32.0. The van der Waals surface area contributed by atoms with E-state index in [0.717, 1.165) is 24.7 Å². The molecule has 1 saturated heterocycles. The molecule has 4 aliphatic carbocycles. The maximum Gasteiger partial charge on any atom is 0.358 e. The Morgan fingerprint density at radius 3 is 2.11 bits per heavy atom. The third kappa shape index (κ3) is 6.83. The van der Waals surface area contributed by atoms with E-state index in [1.807, 2.05) is 57.2 Å². The Hall–Kier alpha value is -3.20. The molecule has 3 saturated carbocycles. The van der Waals surface area contributed by atoms with Crippen LogP contribution >= 0.6 is 40.4 Å². The highest BCUT2D eigenvalue weighted by atomic mass is 79.9. The predicted octanol–water partition coefficient (Wildman–Crippen LogP) is 8.46. The molecule has 4 fully saturated rings. The number of hydrogen-bond donors (Lipinski definition) is 1. The summed E-state index contributed by atoms with van der Waals surface area (Å²) in [6.07, 6.45) is 1.18. The van der Waals surface area contributed by atoms with E-state index in [0.29, 0.717) is 34.7 Å². The largest absolute Gasteiger partial charge is 0.481 e. The predicted molar refractivity (Wildman–Crippen MR) is 219 cm³/mol. The number of carbonyl (C=O) groups excluding carboxylic acids is 1. The Bertz CT molecular complexity index is 1860. The maximum absolute atomic E-state index is 14.1. The first-order chi connectivity index (χ1) is 26.8. The van der Waals surface area contributed by atoms with E-state index in [2.05, 4.69) is 35.5 Å². The Morgan fingerprint density at radius 2 is 1.55 bits per heavy atom. The number of aliphatic carboxylic acids is 1. The van der Waals surface area contributed by atoms with Crippen LogP contribution in [-0.4, -0.2) is 71.8 Å². The number of carboxylic acid groups (broad SMARTS) is 1. The van der Waals surface area contributed by atoms with Gasteiger partial charge in [-0.05, 0) is 80.0 Å². The molecular formula is C43H49BrO10S2. The van der Waals surface area contributed by atoms with Gasteiger partial charge in [0.15, 0.2) is 18.5 Å². The van der Waals surface area contributed by atoms with Gasteiger partial charge in [-0.1, -0.05) is 97.7 Å². The van der Waals surface area contributed by atoms with Crippen LogP contribution in [0.1, 0.15) is 53.4 Å². The molecule has 4 bridgehead atoms. The van der Waals surface area contributed by atoms with Crippen molar-refractivity contribution in [3.63, 3.8) is 0 Å². The highest BCUT2D eigenvalue weighted by Gasteiger charge is 2.84. The molecule has 0 radical (unpaired) electrons. The third-order valence-corrected chi connectivity index (χ3v) is 13.7. The van der Waals surface area contributed by atoms with Gasteiger partial charge in [-0.3, -0.25) is 4.79 Å². The van der Waals surface area contributed by atoms with E-state index in [-0.39, 0.29) is 47.4 Å². The van der Waals surface area contributed by atoms with E-state index >= 15 is 0 Å². The first-order valence-electron chi connectivity index (χ1n) is 19.3. The summed E-state index contributed by atoms with van der Waals surface area (Å²) in [5, 5.41) is 11.1. The number of carboxylic acids is 1. The normalized spacial score (nSPS) is 36.6. The molecule has 0 aromatic heterocycles. The molecule has 1 N–H and O–H groups in total. The minimum Gasteiger partial charge on any atom is -0.481 e. The average molecular weight is 870 g/mol. The van der Waals surface area contributed by atoms with Crippen molar-refractivity contribution in [2.24, 2.45) is 45.8 Å². The quantitative estimate of drug-likeness (QED) is 0.118. The number of benzene rings is 2. The number of ether oxygens (including phenoxy) is 7. The van der Waals surface area contributed by atoms with Crippen molar-refractivity contribution in [3.05, 3.63) is 83.4 Å². The van der Waals surface area contributed by atoms with Crippen molar-refractivity contribution in [1.29, 1.82) is 0 Å². The first kappa shape index (κ1) is 41.0. The molecule has 7 rings (SSSR count). The zero-order chi connectivity index (χ0) is 40.0. The molecule has 2 aromatic rings. The molecule has 10 nitrogen and oxygen atoms in total. The summed E-state index contributed by atoms with van der Waals surface area (Å²) >= 11 is 14.7. The third-order valence-electron chi connectivity index (χ3n) is 13.1. The van der Waals surface area contributed by atoms with Gasteiger partial charge in [0.05, 0.1) is 24.7 Å². The Kier molecular flexibility index (Phi) is 11.9. The topological polar surface area (TPSA) is 119 Å². The smallest absolute Gasteiger partial charge is 0.358 e. The summed E-state index contributed by atoms with van der Waals surface area (Å²) in [6.45, 7) is 12.1. The highest BCUT2D eigenvalue weighted by molar-refractivity contribution is 9.11. The van der Waals surface area contributed by atoms with Crippen molar-refractivity contribution in [2.75, 3.05) is 13.2 Å². The molecule has 2 aromatic carbocycles. The lowest BCUT2D eigenvalue weighted by molar-refractivity contribution is -0.304. The number of fused-ring (bicyclic) bond motifs is 2. The fourth-order valence-electron chi connectivity index (χ4n) is 11.1. The van der Waals surface area contributed by atoms with E-state index in [9.17, 15) is 14.7 Å². The van der Waals surface area contributed by atoms with E-state index in [1.165, 1.54) is 0 Å². The monoisotopic (exact) mass is 868 g/mol. The number of rotatable bonds is 13. The van der Waals surface area contributed by atoms with E-state index < -0.39 is 52.9 Å². The van der Waals surface area contributed by atoms with Crippen LogP contribution in [-0.2, 0) is 33.3 Å². The summed E-state index contributed by atoms with van der Waals surface area (Å²) in [6, 6.07) is 17.9. The molecule has 12 atom stereocenters. The van der Waals surface area contributed by atoms with Crippen LogP contribution in [0.3, 0.4) is 0 Å². The number of aldehydes is 1. The summed E-state index contributed by atoms with van der Waals surface area (Å²) in [5.74, 6) is 0.153. The van der Waals surface area contributed by atoms with Crippen LogP contribution in [0.15, 0.2) is 83.4 Å². The minimum atomic E-state index is -1.45. The Balaban J connectivity index is 1.26. The lowest BCUT2D eigenvalue weighted by Crippen LogP contribution is -2.65. The number of carbonyl (C=O) groups is 2. The summed E-state index contributed by atoms with van der Waals surface area (Å²) in [7, 11) is 0. The van der Waals surface area contributed by atoms with Gasteiger partial charge in [0.1, 0.15) is 29.3 Å². The number of hydrogen-bond acceptors (Lipinski definition) is 11. The second-order valence-electron chi connectivity index (χ2n) is 16.3.